The minimum absolute atomic E-state index is 0.150. The first kappa shape index (κ1) is 17.8. The van der Waals surface area contributed by atoms with E-state index in [1.54, 1.807) is 6.92 Å². The molecule has 0 heterocycles. The number of carbonyl (C=O) groups excluding carboxylic acids is 2. The van der Waals surface area contributed by atoms with Gasteiger partial charge in [0.25, 0.3) is 11.8 Å². The number of rotatable bonds is 5. The maximum absolute atomic E-state index is 13.0. The van der Waals surface area contributed by atoms with E-state index in [0.717, 1.165) is 16.1 Å². The maximum Gasteiger partial charge on any atom is 0.259 e. The van der Waals surface area contributed by atoms with E-state index in [9.17, 15) is 14.0 Å². The highest BCUT2D eigenvalue weighted by Gasteiger charge is 2.08. The monoisotopic (exact) mass is 391 g/mol. The number of nitrogens with one attached hydrogen (secondary N) is 2. The molecule has 0 aliphatic carbocycles. The number of halogens is 2. The number of carbonyl (C=O) groups is 2. The average Bonchev–Trinajstić information content (AvgIpc) is 2.57. The molecule has 0 aliphatic heterocycles. The fraction of sp³-hybridized carbons (Fsp3) is 0.118. The average molecular weight is 392 g/mol. The molecule has 0 saturated heterocycles. The van der Waals surface area contributed by atoms with Gasteiger partial charge in [-0.2, -0.15) is 5.10 Å². The van der Waals surface area contributed by atoms with Gasteiger partial charge < -0.3 is 5.32 Å². The Hall–Kier alpha value is -2.54. The van der Waals surface area contributed by atoms with E-state index in [2.05, 4.69) is 31.8 Å². The number of benzene rings is 2. The molecule has 2 rings (SSSR count). The normalized spacial score (nSPS) is 11.0. The molecule has 0 aromatic heterocycles. The molecule has 124 valence electrons. The summed E-state index contributed by atoms with van der Waals surface area (Å²) in [6.45, 7) is 1.50. The van der Waals surface area contributed by atoms with Gasteiger partial charge in [0, 0.05) is 10.0 Å². The molecule has 0 bridgehead atoms. The molecule has 2 amide bonds. The van der Waals surface area contributed by atoms with Crippen LogP contribution >= 0.6 is 15.9 Å². The van der Waals surface area contributed by atoms with Gasteiger partial charge >= 0.3 is 0 Å². The third-order valence-corrected chi connectivity index (χ3v) is 3.58. The lowest BCUT2D eigenvalue weighted by Gasteiger charge is -2.06. The minimum Gasteiger partial charge on any atom is -0.343 e. The Kier molecular flexibility index (Phi) is 6.20. The van der Waals surface area contributed by atoms with Gasteiger partial charge in [0.2, 0.25) is 0 Å². The maximum atomic E-state index is 13.0. The van der Waals surface area contributed by atoms with Crippen LogP contribution in [0, 0.1) is 5.82 Å². The van der Waals surface area contributed by atoms with Crippen LogP contribution in [0.15, 0.2) is 58.1 Å². The topological polar surface area (TPSA) is 70.6 Å². The van der Waals surface area contributed by atoms with Gasteiger partial charge in [-0.25, -0.2) is 9.82 Å². The molecule has 0 spiro atoms. The Morgan fingerprint density at radius 1 is 1.12 bits per heavy atom. The Labute approximate surface area is 147 Å². The van der Waals surface area contributed by atoms with Gasteiger partial charge in [0.15, 0.2) is 0 Å². The van der Waals surface area contributed by atoms with Crippen LogP contribution in [0.5, 0.6) is 0 Å². The second kappa shape index (κ2) is 8.35. The summed E-state index contributed by atoms with van der Waals surface area (Å²) in [6.07, 6.45) is 0. The summed E-state index contributed by atoms with van der Waals surface area (Å²) in [5, 5.41) is 6.39. The van der Waals surface area contributed by atoms with Gasteiger partial charge in [0.1, 0.15) is 5.82 Å². The molecule has 0 saturated carbocycles. The zero-order chi connectivity index (χ0) is 17.5. The van der Waals surface area contributed by atoms with Crippen molar-refractivity contribution in [1.29, 1.82) is 0 Å². The van der Waals surface area contributed by atoms with Gasteiger partial charge in [-0.15, -0.1) is 0 Å². The van der Waals surface area contributed by atoms with Crippen molar-refractivity contribution >= 4 is 33.5 Å². The molecule has 0 aliphatic rings. The molecule has 0 atom stereocenters. The van der Waals surface area contributed by atoms with Gasteiger partial charge in [0.05, 0.1) is 12.3 Å². The second-order valence-corrected chi connectivity index (χ2v) is 5.85. The van der Waals surface area contributed by atoms with Crippen molar-refractivity contribution in [2.24, 2.45) is 5.10 Å². The van der Waals surface area contributed by atoms with Gasteiger partial charge in [-0.1, -0.05) is 34.1 Å². The minimum atomic E-state index is -0.530. The molecule has 2 N–H and O–H groups in total. The molecule has 7 heteroatoms. The highest BCUT2D eigenvalue weighted by molar-refractivity contribution is 9.10. The van der Waals surface area contributed by atoms with Crippen molar-refractivity contribution in [1.82, 2.24) is 10.7 Å². The number of nitrogens with zero attached hydrogens (tertiary/aromatic N) is 1. The Morgan fingerprint density at radius 3 is 2.54 bits per heavy atom. The molecule has 0 unspecified atom stereocenters. The highest BCUT2D eigenvalue weighted by Crippen LogP contribution is 2.12. The summed E-state index contributed by atoms with van der Waals surface area (Å²) in [5.74, 6) is -1.52. The molecular weight excluding hydrogens is 377 g/mol. The van der Waals surface area contributed by atoms with E-state index in [1.165, 1.54) is 18.2 Å². The van der Waals surface area contributed by atoms with Crippen molar-refractivity contribution in [2.45, 2.75) is 6.92 Å². The zero-order valence-corrected chi connectivity index (χ0v) is 14.4. The molecule has 24 heavy (non-hydrogen) atoms. The Morgan fingerprint density at radius 2 is 1.83 bits per heavy atom. The molecule has 2 aromatic rings. The van der Waals surface area contributed by atoms with Crippen molar-refractivity contribution in [2.75, 3.05) is 6.54 Å². The van der Waals surface area contributed by atoms with E-state index in [-0.39, 0.29) is 12.1 Å². The van der Waals surface area contributed by atoms with Crippen molar-refractivity contribution in [3.05, 3.63) is 69.9 Å². The molecular formula is C17H15BrFN3O2. The van der Waals surface area contributed by atoms with E-state index >= 15 is 0 Å². The van der Waals surface area contributed by atoms with Gasteiger partial charge in [-0.05, 0) is 42.8 Å². The van der Waals surface area contributed by atoms with E-state index < -0.39 is 17.6 Å². The van der Waals surface area contributed by atoms with Crippen LogP contribution < -0.4 is 10.7 Å². The summed E-state index contributed by atoms with van der Waals surface area (Å²) >= 11 is 3.36. The summed E-state index contributed by atoms with van der Waals surface area (Å²) in [7, 11) is 0. The summed E-state index contributed by atoms with van der Waals surface area (Å²) in [6, 6.07) is 12.7. The number of hydrogen-bond acceptors (Lipinski definition) is 3. The van der Waals surface area contributed by atoms with Crippen molar-refractivity contribution < 1.29 is 14.0 Å². The first-order valence-corrected chi connectivity index (χ1v) is 7.88. The fourth-order valence-electron chi connectivity index (χ4n) is 1.86. The standard InChI is InChI=1S/C17H15BrFN3O2/c1-11(12-4-2-6-14(18)8-12)21-22-16(23)10-20-17(24)13-5-3-7-15(19)9-13/h2-9H,10H2,1H3,(H,20,24)(H,22,23)/b21-11-. The molecule has 0 fully saturated rings. The Bertz CT molecular complexity index is 793. The summed E-state index contributed by atoms with van der Waals surface area (Å²) in [4.78, 5) is 23.5. The Balaban J connectivity index is 1.87. The first-order valence-electron chi connectivity index (χ1n) is 7.08. The van der Waals surface area contributed by atoms with Crippen LogP contribution in [-0.4, -0.2) is 24.1 Å². The van der Waals surface area contributed by atoms with Crippen LogP contribution in [-0.2, 0) is 4.79 Å². The predicted molar refractivity (Wildman–Crippen MR) is 93.2 cm³/mol. The van der Waals surface area contributed by atoms with E-state index in [0.29, 0.717) is 5.71 Å². The first-order chi connectivity index (χ1) is 11.5. The number of amides is 2. The lowest BCUT2D eigenvalue weighted by atomic mass is 10.1. The van der Waals surface area contributed by atoms with E-state index in [1.807, 2.05) is 24.3 Å². The second-order valence-electron chi connectivity index (χ2n) is 4.94. The lowest BCUT2D eigenvalue weighted by molar-refractivity contribution is -0.120. The quantitative estimate of drug-likeness (QED) is 0.607. The zero-order valence-electron chi connectivity index (χ0n) is 12.8. The third-order valence-electron chi connectivity index (χ3n) is 3.09. The summed E-state index contributed by atoms with van der Waals surface area (Å²) < 4.78 is 14.0. The lowest BCUT2D eigenvalue weighted by Crippen LogP contribution is -2.35. The fourth-order valence-corrected chi connectivity index (χ4v) is 2.26. The molecule has 5 nitrogen and oxygen atoms in total. The number of hydrogen-bond donors (Lipinski definition) is 2. The van der Waals surface area contributed by atoms with Crippen molar-refractivity contribution in [3.8, 4) is 0 Å². The highest BCUT2D eigenvalue weighted by atomic mass is 79.9. The van der Waals surface area contributed by atoms with Crippen molar-refractivity contribution in [3.63, 3.8) is 0 Å². The SMILES string of the molecule is C/C(=N/NC(=O)CNC(=O)c1cccc(F)c1)c1cccc(Br)c1. The van der Waals surface area contributed by atoms with Crippen LogP contribution in [0.2, 0.25) is 0 Å². The third kappa shape index (κ3) is 5.27. The summed E-state index contributed by atoms with van der Waals surface area (Å²) in [5.41, 5.74) is 3.99. The van der Waals surface area contributed by atoms with Gasteiger partial charge in [-0.3, -0.25) is 9.59 Å². The smallest absolute Gasteiger partial charge is 0.259 e. The van der Waals surface area contributed by atoms with Crippen LogP contribution in [0.25, 0.3) is 0 Å². The largest absolute Gasteiger partial charge is 0.343 e. The molecule has 2 aromatic carbocycles. The molecule has 0 radical (unpaired) electrons. The predicted octanol–water partition coefficient (Wildman–Crippen LogP) is 2.86. The van der Waals surface area contributed by atoms with E-state index in [4.69, 9.17) is 0 Å². The number of hydrazone groups is 1. The van der Waals surface area contributed by atoms with Crippen LogP contribution in [0.3, 0.4) is 0 Å². The van der Waals surface area contributed by atoms with Crippen LogP contribution in [0.4, 0.5) is 4.39 Å². The van der Waals surface area contributed by atoms with Crippen LogP contribution in [0.1, 0.15) is 22.8 Å².